The Morgan fingerprint density at radius 1 is 1.15 bits per heavy atom. The summed E-state index contributed by atoms with van der Waals surface area (Å²) >= 11 is 0. The lowest BCUT2D eigenvalue weighted by molar-refractivity contribution is -0.306. The van der Waals surface area contributed by atoms with Gasteiger partial charge in [-0.2, -0.15) is 0 Å². The Bertz CT molecular complexity index is 477. The van der Waals surface area contributed by atoms with Crippen molar-refractivity contribution in [1.29, 1.82) is 0 Å². The molecule has 1 aromatic carbocycles. The maximum Gasteiger partial charge on any atom is 0.200 e. The number of aliphatic hydroxyl groups excluding tert-OH is 4. The van der Waals surface area contributed by atoms with Crippen molar-refractivity contribution in [2.45, 2.75) is 30.2 Å². The maximum absolute atomic E-state index is 12.3. The molecule has 1 aliphatic heterocycles. The summed E-state index contributed by atoms with van der Waals surface area (Å²) in [6.07, 6.45) is -7.19. The van der Waals surface area contributed by atoms with Gasteiger partial charge in [0.2, 0.25) is 0 Å². The van der Waals surface area contributed by atoms with E-state index in [0.29, 0.717) is 0 Å². The number of ketones is 1. The van der Waals surface area contributed by atoms with Crippen LogP contribution in [0, 0.1) is 0 Å². The minimum Gasteiger partial charge on any atom is -0.394 e. The van der Waals surface area contributed by atoms with Gasteiger partial charge in [-0.1, -0.05) is 30.3 Å². The fourth-order valence-electron chi connectivity index (χ4n) is 2.24. The molecule has 0 aromatic heterocycles. The van der Waals surface area contributed by atoms with E-state index in [1.165, 1.54) is 12.1 Å². The Morgan fingerprint density at radius 3 is 2.30 bits per heavy atom. The number of benzene rings is 1. The molecule has 1 heterocycles. The highest BCUT2D eigenvalue weighted by Crippen LogP contribution is 2.32. The van der Waals surface area contributed by atoms with Crippen LogP contribution in [0.1, 0.15) is 10.4 Å². The van der Waals surface area contributed by atoms with Gasteiger partial charge >= 0.3 is 0 Å². The predicted octanol–water partition coefficient (Wildman–Crippen LogP) is -1.97. The van der Waals surface area contributed by atoms with Crippen LogP contribution in [0.15, 0.2) is 30.3 Å². The number of hydrogen-bond acceptors (Lipinski definition) is 7. The lowest BCUT2D eigenvalue weighted by Gasteiger charge is -2.45. The van der Waals surface area contributed by atoms with Crippen molar-refractivity contribution in [3.8, 4) is 0 Å². The summed E-state index contributed by atoms with van der Waals surface area (Å²) in [4.78, 5) is 12.3. The first-order valence-electron chi connectivity index (χ1n) is 6.05. The number of carbonyl (C=O) groups excluding carboxylic acids is 1. The van der Waals surface area contributed by atoms with Crippen molar-refractivity contribution in [3.63, 3.8) is 0 Å². The molecule has 0 unspecified atom stereocenters. The molecule has 0 amide bonds. The summed E-state index contributed by atoms with van der Waals surface area (Å²) in [5, 5.41) is 48.8. The van der Waals surface area contributed by atoms with Gasteiger partial charge in [-0.3, -0.25) is 4.79 Å². The van der Waals surface area contributed by atoms with Crippen LogP contribution in [0.4, 0.5) is 0 Å². The molecule has 0 spiro atoms. The largest absolute Gasteiger partial charge is 0.394 e. The summed E-state index contributed by atoms with van der Waals surface area (Å²) < 4.78 is 4.73. The maximum atomic E-state index is 12.3. The first-order valence-corrected chi connectivity index (χ1v) is 6.05. The molecule has 7 heteroatoms. The third-order valence-electron chi connectivity index (χ3n) is 3.42. The average molecular weight is 284 g/mol. The van der Waals surface area contributed by atoms with Crippen LogP contribution < -0.4 is 0 Å². The molecule has 1 aromatic rings. The van der Waals surface area contributed by atoms with E-state index in [2.05, 4.69) is 0 Å². The van der Waals surface area contributed by atoms with Crippen LogP contribution in [0.5, 0.6) is 0 Å². The van der Waals surface area contributed by atoms with Crippen LogP contribution in [-0.4, -0.2) is 68.1 Å². The normalized spacial score (nSPS) is 37.6. The van der Waals surface area contributed by atoms with E-state index in [1.54, 1.807) is 18.2 Å². The topological polar surface area (TPSA) is 127 Å². The van der Waals surface area contributed by atoms with Gasteiger partial charge < -0.3 is 30.3 Å². The molecule has 0 radical (unpaired) electrons. The number of carbonyl (C=O) groups is 1. The number of aliphatic hydroxyl groups is 5. The minimum absolute atomic E-state index is 0.0545. The third kappa shape index (κ3) is 2.24. The number of Topliss-reactive ketones (excluding diaryl/α,β-unsaturated/α-hetero) is 1. The Labute approximate surface area is 114 Å². The summed E-state index contributed by atoms with van der Waals surface area (Å²) in [5.74, 6) is -0.959. The highest BCUT2D eigenvalue weighted by atomic mass is 16.6. The van der Waals surface area contributed by atoms with Crippen molar-refractivity contribution in [2.75, 3.05) is 6.61 Å². The molecular weight excluding hydrogens is 268 g/mol. The molecule has 0 aliphatic carbocycles. The monoisotopic (exact) mass is 284 g/mol. The lowest BCUT2D eigenvalue weighted by atomic mass is 9.78. The van der Waals surface area contributed by atoms with E-state index in [4.69, 9.17) is 9.84 Å². The zero-order valence-corrected chi connectivity index (χ0v) is 10.5. The van der Waals surface area contributed by atoms with Gasteiger partial charge in [-0.05, 0) is 0 Å². The standard InChI is InChI=1S/C13H16O7/c14-6-8-10(16)13(19,11(17)12(18)20-8)9(15)7-4-2-1-3-5-7/h1-5,8,10-12,14,16-19H,6H2/t8-,10-,11+,12+,13+/m0/s1. The quantitative estimate of drug-likeness (QED) is 0.407. The molecule has 7 nitrogen and oxygen atoms in total. The van der Waals surface area contributed by atoms with Gasteiger partial charge in [-0.25, -0.2) is 0 Å². The van der Waals surface area contributed by atoms with Crippen LogP contribution in [0.2, 0.25) is 0 Å². The van der Waals surface area contributed by atoms with Crippen molar-refractivity contribution < 1.29 is 35.1 Å². The van der Waals surface area contributed by atoms with Crippen molar-refractivity contribution in [2.24, 2.45) is 0 Å². The average Bonchev–Trinajstić information content (AvgIpc) is 2.49. The van der Waals surface area contributed by atoms with E-state index in [9.17, 15) is 25.2 Å². The van der Waals surface area contributed by atoms with Crippen molar-refractivity contribution in [3.05, 3.63) is 35.9 Å². The third-order valence-corrected chi connectivity index (χ3v) is 3.42. The summed E-state index contributed by atoms with van der Waals surface area (Å²) in [5.41, 5.74) is -2.61. The SMILES string of the molecule is O=C(c1ccccc1)[C@]1(O)[C@H](O)[C@H](O)O[C@@H](CO)[C@@H]1O. The molecule has 110 valence electrons. The van der Waals surface area contributed by atoms with E-state index in [1.807, 2.05) is 0 Å². The molecule has 1 aliphatic rings. The van der Waals surface area contributed by atoms with E-state index in [-0.39, 0.29) is 5.56 Å². The van der Waals surface area contributed by atoms with Crippen LogP contribution >= 0.6 is 0 Å². The molecule has 5 N–H and O–H groups in total. The molecule has 2 rings (SSSR count). The highest BCUT2D eigenvalue weighted by molar-refractivity contribution is 6.03. The van der Waals surface area contributed by atoms with Crippen LogP contribution in [0.3, 0.4) is 0 Å². The van der Waals surface area contributed by atoms with Gasteiger partial charge in [0.1, 0.15) is 18.3 Å². The molecule has 1 saturated heterocycles. The Kier molecular flexibility index (Phi) is 4.19. The smallest absolute Gasteiger partial charge is 0.200 e. The van der Waals surface area contributed by atoms with Gasteiger partial charge in [0.25, 0.3) is 0 Å². The second-order valence-electron chi connectivity index (χ2n) is 4.66. The summed E-state index contributed by atoms with van der Waals surface area (Å²) in [6, 6.07) is 7.55. The second kappa shape index (κ2) is 5.57. The highest BCUT2D eigenvalue weighted by Gasteiger charge is 2.59. The summed E-state index contributed by atoms with van der Waals surface area (Å²) in [6.45, 7) is -0.727. The molecule has 0 bridgehead atoms. The van der Waals surface area contributed by atoms with Crippen LogP contribution in [0.25, 0.3) is 0 Å². The van der Waals surface area contributed by atoms with Gasteiger partial charge in [0.15, 0.2) is 17.7 Å². The van der Waals surface area contributed by atoms with Crippen LogP contribution in [-0.2, 0) is 4.74 Å². The number of hydrogen-bond donors (Lipinski definition) is 5. The zero-order chi connectivity index (χ0) is 14.9. The Morgan fingerprint density at radius 2 is 1.75 bits per heavy atom. The molecule has 20 heavy (non-hydrogen) atoms. The van der Waals surface area contributed by atoms with Crippen molar-refractivity contribution in [1.82, 2.24) is 0 Å². The second-order valence-corrected chi connectivity index (χ2v) is 4.66. The number of rotatable bonds is 3. The number of ether oxygens (including phenoxy) is 1. The fraction of sp³-hybridized carbons (Fsp3) is 0.462. The summed E-state index contributed by atoms with van der Waals surface area (Å²) in [7, 11) is 0. The van der Waals surface area contributed by atoms with E-state index in [0.717, 1.165) is 0 Å². The minimum atomic E-state index is -2.66. The molecule has 0 saturated carbocycles. The first kappa shape index (κ1) is 15.0. The fourth-order valence-corrected chi connectivity index (χ4v) is 2.24. The predicted molar refractivity (Wildman–Crippen MR) is 65.7 cm³/mol. The molecule has 1 fully saturated rings. The zero-order valence-electron chi connectivity index (χ0n) is 10.5. The Balaban J connectivity index is 2.41. The lowest BCUT2D eigenvalue weighted by Crippen LogP contribution is -2.70. The Hall–Kier alpha value is -1.35. The van der Waals surface area contributed by atoms with Gasteiger partial charge in [-0.15, -0.1) is 0 Å². The van der Waals surface area contributed by atoms with Gasteiger partial charge in [0, 0.05) is 5.56 Å². The van der Waals surface area contributed by atoms with Crippen molar-refractivity contribution >= 4 is 5.78 Å². The molecular formula is C13H16O7. The van der Waals surface area contributed by atoms with E-state index < -0.39 is 42.6 Å². The van der Waals surface area contributed by atoms with E-state index >= 15 is 0 Å². The first-order chi connectivity index (χ1) is 9.42. The van der Waals surface area contributed by atoms with Gasteiger partial charge in [0.05, 0.1) is 6.61 Å². The molecule has 5 atom stereocenters.